The average Bonchev–Trinajstić information content (AvgIpc) is 3.34. The number of fused-ring (bicyclic) bond motifs is 2. The predicted molar refractivity (Wildman–Crippen MR) is 109 cm³/mol. The minimum absolute atomic E-state index is 0.0191. The van der Waals surface area contributed by atoms with Crippen LogP contribution in [0.1, 0.15) is 28.1 Å². The molecule has 1 fully saturated rings. The molecular weight excluding hydrogens is 489 g/mol. The molecule has 1 atom stereocenters. The van der Waals surface area contributed by atoms with Gasteiger partial charge in [0.2, 0.25) is 11.8 Å². The van der Waals surface area contributed by atoms with Gasteiger partial charge in [0.1, 0.15) is 22.4 Å². The molecule has 29 heavy (non-hydrogen) atoms. The van der Waals surface area contributed by atoms with E-state index in [1.165, 1.54) is 4.90 Å². The molecule has 8 nitrogen and oxygen atoms in total. The molecule has 2 aliphatic rings. The summed E-state index contributed by atoms with van der Waals surface area (Å²) in [5.41, 5.74) is 0.942. The van der Waals surface area contributed by atoms with Crippen molar-refractivity contribution >= 4 is 51.4 Å². The van der Waals surface area contributed by atoms with Crippen molar-refractivity contribution in [2.75, 3.05) is 6.54 Å². The van der Waals surface area contributed by atoms with E-state index in [-0.39, 0.29) is 31.2 Å². The van der Waals surface area contributed by atoms with E-state index in [0.717, 1.165) is 5.56 Å². The van der Waals surface area contributed by atoms with Crippen molar-refractivity contribution in [2.24, 2.45) is 0 Å². The van der Waals surface area contributed by atoms with Gasteiger partial charge in [0.15, 0.2) is 5.58 Å². The molecule has 2 N–H and O–H groups in total. The van der Waals surface area contributed by atoms with Crippen molar-refractivity contribution in [3.05, 3.63) is 57.0 Å². The lowest BCUT2D eigenvalue weighted by Gasteiger charge is -2.28. The first-order valence-electron chi connectivity index (χ1n) is 8.88. The number of imide groups is 1. The summed E-state index contributed by atoms with van der Waals surface area (Å²) in [5, 5.41) is 12.3. The summed E-state index contributed by atoms with van der Waals surface area (Å²) in [6.07, 6.45) is 1.50. The Morgan fingerprint density at radius 1 is 1.28 bits per heavy atom. The normalized spacial score (nSPS) is 21.1. The molecule has 0 spiro atoms. The third-order valence-corrected chi connectivity index (χ3v) is 6.53. The third-order valence-electron chi connectivity index (χ3n) is 5.44. The number of halogens is 1. The molecule has 2 aromatic heterocycles. The molecule has 5 rings (SSSR count). The number of carbonyl (C=O) groups is 3. The summed E-state index contributed by atoms with van der Waals surface area (Å²) in [5.74, 6) is -0.869. The van der Waals surface area contributed by atoms with Gasteiger partial charge in [0, 0.05) is 25.4 Å². The second-order valence-corrected chi connectivity index (χ2v) is 8.31. The minimum Gasteiger partial charge on any atom is -0.507 e. The number of rotatable bonds is 3. The molecule has 3 amide bonds. The fourth-order valence-corrected chi connectivity index (χ4v) is 4.77. The van der Waals surface area contributed by atoms with Crippen LogP contribution in [0.2, 0.25) is 0 Å². The molecule has 0 saturated carbocycles. The Morgan fingerprint density at radius 2 is 2.10 bits per heavy atom. The van der Waals surface area contributed by atoms with Crippen molar-refractivity contribution in [1.29, 1.82) is 0 Å². The van der Waals surface area contributed by atoms with Crippen LogP contribution < -0.4 is 5.32 Å². The topological polar surface area (TPSA) is 113 Å². The van der Waals surface area contributed by atoms with Crippen LogP contribution in [0.3, 0.4) is 0 Å². The molecule has 0 radical (unpaired) electrons. The van der Waals surface area contributed by atoms with Crippen LogP contribution >= 0.6 is 22.6 Å². The largest absolute Gasteiger partial charge is 0.507 e. The second-order valence-electron chi connectivity index (χ2n) is 7.23. The number of phenolic OH excluding ortho intramolecular Hbond substituents is 1. The van der Waals surface area contributed by atoms with Gasteiger partial charge in [-0.05, 0) is 46.4 Å². The molecule has 1 saturated heterocycles. The Hall–Kier alpha value is -2.95. The molecule has 0 bridgehead atoms. The van der Waals surface area contributed by atoms with E-state index in [4.69, 9.17) is 4.42 Å². The predicted octanol–water partition coefficient (Wildman–Crippen LogP) is 2.08. The summed E-state index contributed by atoms with van der Waals surface area (Å²) < 4.78 is 6.36. The fourth-order valence-electron chi connectivity index (χ4n) is 4.01. The summed E-state index contributed by atoms with van der Waals surface area (Å²) in [4.78, 5) is 43.8. The molecule has 0 aliphatic carbocycles. The first-order valence-corrected chi connectivity index (χ1v) is 9.96. The van der Waals surface area contributed by atoms with Gasteiger partial charge in [-0.2, -0.15) is 0 Å². The number of nitrogens with zero attached hydrogens (tertiary/aromatic N) is 2. The highest BCUT2D eigenvalue weighted by molar-refractivity contribution is 14.1. The molecule has 9 heteroatoms. The number of aromatic nitrogens is 1. The third kappa shape index (κ3) is 2.64. The molecule has 2 aliphatic heterocycles. The van der Waals surface area contributed by atoms with E-state index >= 15 is 0 Å². The highest BCUT2D eigenvalue weighted by Crippen LogP contribution is 2.39. The Labute approximate surface area is 178 Å². The highest BCUT2D eigenvalue weighted by Gasteiger charge is 2.53. The van der Waals surface area contributed by atoms with Crippen LogP contribution in [0.25, 0.3) is 11.1 Å². The van der Waals surface area contributed by atoms with Crippen molar-refractivity contribution in [1.82, 2.24) is 15.2 Å². The molecule has 0 unspecified atom stereocenters. The minimum atomic E-state index is -1.33. The standard InChI is InChI=1S/C20H14IN3O5/c21-17-12(25)4-3-10-8-24(18(27)16(10)17)9-20(7-15(26)23-19(20)28)14-6-11-13(29-14)2-1-5-22-11/h1-6,25H,7-9H2,(H,23,26,28)/t20-/m1/s1. The molecule has 146 valence electrons. The monoisotopic (exact) mass is 503 g/mol. The van der Waals surface area contributed by atoms with Crippen molar-refractivity contribution in [2.45, 2.75) is 18.4 Å². The summed E-state index contributed by atoms with van der Waals surface area (Å²) in [6.45, 7) is 0.265. The van der Waals surface area contributed by atoms with Gasteiger partial charge in [-0.3, -0.25) is 24.7 Å². The number of aromatic hydroxyl groups is 1. The van der Waals surface area contributed by atoms with Crippen molar-refractivity contribution in [3.8, 4) is 5.75 Å². The van der Waals surface area contributed by atoms with Gasteiger partial charge in [0.05, 0.1) is 15.6 Å². The maximum Gasteiger partial charge on any atom is 0.255 e. The Balaban J connectivity index is 1.57. The van der Waals surface area contributed by atoms with Crippen LogP contribution in [0.4, 0.5) is 0 Å². The number of benzene rings is 1. The summed E-state index contributed by atoms with van der Waals surface area (Å²) in [6, 6.07) is 8.34. The second kappa shape index (κ2) is 6.28. The van der Waals surface area contributed by atoms with E-state index in [1.54, 1.807) is 36.5 Å². The van der Waals surface area contributed by atoms with E-state index in [1.807, 2.05) is 22.6 Å². The van der Waals surface area contributed by atoms with Gasteiger partial charge in [-0.1, -0.05) is 6.07 Å². The van der Waals surface area contributed by atoms with Crippen LogP contribution in [0, 0.1) is 3.57 Å². The zero-order chi connectivity index (χ0) is 20.3. The fraction of sp³-hybridized carbons (Fsp3) is 0.200. The summed E-state index contributed by atoms with van der Waals surface area (Å²) in [7, 11) is 0. The quantitative estimate of drug-likeness (QED) is 0.418. The van der Waals surface area contributed by atoms with Gasteiger partial charge in [-0.15, -0.1) is 0 Å². The number of hydrogen-bond acceptors (Lipinski definition) is 6. The number of pyridine rings is 1. The van der Waals surface area contributed by atoms with Crippen LogP contribution in [0.5, 0.6) is 5.75 Å². The van der Waals surface area contributed by atoms with E-state index in [9.17, 15) is 19.5 Å². The SMILES string of the molecule is O=C1C[C@@](CN2Cc3ccc(O)c(I)c3C2=O)(c2cc3ncccc3o2)C(=O)N1. The maximum atomic E-state index is 13.0. The van der Waals surface area contributed by atoms with Crippen LogP contribution in [0.15, 0.2) is 40.9 Å². The first kappa shape index (κ1) is 18.1. The van der Waals surface area contributed by atoms with Gasteiger partial charge in [-0.25, -0.2) is 0 Å². The molecule has 3 aromatic rings. The van der Waals surface area contributed by atoms with E-state index < -0.39 is 17.2 Å². The zero-order valence-electron chi connectivity index (χ0n) is 14.9. The number of hydrogen-bond donors (Lipinski definition) is 2. The van der Waals surface area contributed by atoms with E-state index in [2.05, 4.69) is 10.3 Å². The number of nitrogens with one attached hydrogen (secondary N) is 1. The number of carbonyl (C=O) groups excluding carboxylic acids is 3. The number of furan rings is 1. The smallest absolute Gasteiger partial charge is 0.255 e. The molecule has 4 heterocycles. The number of amides is 3. The van der Waals surface area contributed by atoms with Crippen molar-refractivity contribution < 1.29 is 23.9 Å². The number of phenols is 1. The zero-order valence-corrected chi connectivity index (χ0v) is 17.1. The Bertz CT molecular complexity index is 1190. The average molecular weight is 503 g/mol. The van der Waals surface area contributed by atoms with Gasteiger partial charge < -0.3 is 14.4 Å². The van der Waals surface area contributed by atoms with Crippen LogP contribution in [-0.2, 0) is 21.5 Å². The molecular formula is C20H14IN3O5. The van der Waals surface area contributed by atoms with Crippen molar-refractivity contribution in [3.63, 3.8) is 0 Å². The molecule has 1 aromatic carbocycles. The Kier molecular flexibility index (Phi) is 3.92. The van der Waals surface area contributed by atoms with E-state index in [0.29, 0.717) is 26.0 Å². The summed E-state index contributed by atoms with van der Waals surface area (Å²) >= 11 is 1.93. The first-order chi connectivity index (χ1) is 13.9. The lowest BCUT2D eigenvalue weighted by atomic mass is 9.82. The lowest BCUT2D eigenvalue weighted by molar-refractivity contribution is -0.126. The van der Waals surface area contributed by atoms with Gasteiger partial charge >= 0.3 is 0 Å². The Morgan fingerprint density at radius 3 is 2.83 bits per heavy atom. The van der Waals surface area contributed by atoms with Gasteiger partial charge in [0.25, 0.3) is 5.91 Å². The van der Waals surface area contributed by atoms with Crippen LogP contribution in [-0.4, -0.2) is 39.3 Å². The highest BCUT2D eigenvalue weighted by atomic mass is 127. The lowest BCUT2D eigenvalue weighted by Crippen LogP contribution is -2.46. The maximum absolute atomic E-state index is 13.0.